The molecule has 2 saturated heterocycles. The van der Waals surface area contributed by atoms with Crippen LogP contribution in [-0.2, 0) is 9.47 Å². The Hall–Kier alpha value is -0.850. The molecule has 2 N–H and O–H groups in total. The van der Waals surface area contributed by atoms with Crippen LogP contribution in [0.15, 0.2) is 4.99 Å². The van der Waals surface area contributed by atoms with E-state index in [1.54, 1.807) is 0 Å². The van der Waals surface area contributed by atoms with Crippen molar-refractivity contribution in [2.75, 3.05) is 66.7 Å². The quantitative estimate of drug-likeness (QED) is 0.377. The van der Waals surface area contributed by atoms with Crippen molar-refractivity contribution in [1.29, 1.82) is 0 Å². The van der Waals surface area contributed by atoms with Crippen molar-refractivity contribution >= 4 is 5.96 Å². The predicted octanol–water partition coefficient (Wildman–Crippen LogP) is 1.33. The Morgan fingerprint density at radius 2 is 1.96 bits per heavy atom. The number of aliphatic imine (C=N–C) groups is 1. The highest BCUT2D eigenvalue weighted by Crippen LogP contribution is 2.18. The summed E-state index contributed by atoms with van der Waals surface area (Å²) in [5.41, 5.74) is 0. The van der Waals surface area contributed by atoms with Crippen LogP contribution in [0.25, 0.3) is 0 Å². The SMILES string of the molecule is CN=C(NCCCOCC1CCOC1)NCCC1CCN(C)CC1. The fourth-order valence-electron chi connectivity index (χ4n) is 3.31. The van der Waals surface area contributed by atoms with Gasteiger partial charge in [-0.25, -0.2) is 0 Å². The highest BCUT2D eigenvalue weighted by molar-refractivity contribution is 5.79. The molecular formula is C18H36N4O2. The van der Waals surface area contributed by atoms with Crippen LogP contribution in [0.3, 0.4) is 0 Å². The van der Waals surface area contributed by atoms with Crippen LogP contribution in [0.2, 0.25) is 0 Å². The van der Waals surface area contributed by atoms with E-state index in [1.807, 2.05) is 7.05 Å². The second kappa shape index (κ2) is 11.7. The average molecular weight is 341 g/mol. The van der Waals surface area contributed by atoms with Gasteiger partial charge in [0.1, 0.15) is 0 Å². The Bertz CT molecular complexity index is 351. The minimum absolute atomic E-state index is 0.604. The van der Waals surface area contributed by atoms with Crippen LogP contribution in [0.1, 0.15) is 32.1 Å². The van der Waals surface area contributed by atoms with Crippen molar-refractivity contribution in [1.82, 2.24) is 15.5 Å². The fraction of sp³-hybridized carbons (Fsp3) is 0.944. The van der Waals surface area contributed by atoms with Crippen molar-refractivity contribution in [2.45, 2.75) is 32.1 Å². The van der Waals surface area contributed by atoms with E-state index in [0.29, 0.717) is 5.92 Å². The normalized spacial score (nSPS) is 23.6. The molecule has 0 aromatic rings. The van der Waals surface area contributed by atoms with Crippen molar-refractivity contribution < 1.29 is 9.47 Å². The largest absolute Gasteiger partial charge is 0.381 e. The number of hydrogen-bond acceptors (Lipinski definition) is 4. The molecule has 6 nitrogen and oxygen atoms in total. The van der Waals surface area contributed by atoms with E-state index >= 15 is 0 Å². The van der Waals surface area contributed by atoms with Crippen LogP contribution in [0, 0.1) is 11.8 Å². The van der Waals surface area contributed by atoms with E-state index < -0.39 is 0 Å². The van der Waals surface area contributed by atoms with Gasteiger partial charge in [0, 0.05) is 39.3 Å². The van der Waals surface area contributed by atoms with E-state index in [9.17, 15) is 0 Å². The van der Waals surface area contributed by atoms with Crippen LogP contribution < -0.4 is 10.6 Å². The Labute approximate surface area is 147 Å². The zero-order valence-electron chi connectivity index (χ0n) is 15.6. The number of rotatable bonds is 9. The Kier molecular flexibility index (Phi) is 9.46. The first-order chi connectivity index (χ1) is 11.8. The van der Waals surface area contributed by atoms with Crippen molar-refractivity contribution in [2.24, 2.45) is 16.8 Å². The molecule has 0 aliphatic carbocycles. The maximum atomic E-state index is 5.72. The molecular weight excluding hydrogens is 304 g/mol. The molecule has 0 aromatic heterocycles. The van der Waals surface area contributed by atoms with Crippen LogP contribution in [0.5, 0.6) is 0 Å². The summed E-state index contributed by atoms with van der Waals surface area (Å²) >= 11 is 0. The molecule has 0 spiro atoms. The molecule has 2 aliphatic rings. The van der Waals surface area contributed by atoms with Crippen molar-refractivity contribution in [3.63, 3.8) is 0 Å². The molecule has 2 heterocycles. The second-order valence-corrected chi connectivity index (χ2v) is 7.12. The summed E-state index contributed by atoms with van der Waals surface area (Å²) in [6, 6.07) is 0. The molecule has 0 bridgehead atoms. The minimum Gasteiger partial charge on any atom is -0.381 e. The third kappa shape index (κ3) is 7.81. The zero-order chi connectivity index (χ0) is 17.0. The lowest BCUT2D eigenvalue weighted by atomic mass is 9.94. The Morgan fingerprint density at radius 3 is 2.67 bits per heavy atom. The molecule has 0 amide bonds. The van der Waals surface area contributed by atoms with Crippen LogP contribution in [0.4, 0.5) is 0 Å². The van der Waals surface area contributed by atoms with Crippen molar-refractivity contribution in [3.8, 4) is 0 Å². The summed E-state index contributed by atoms with van der Waals surface area (Å²) in [5, 5.41) is 6.80. The first kappa shape index (κ1) is 19.5. The predicted molar refractivity (Wildman–Crippen MR) is 98.6 cm³/mol. The first-order valence-electron chi connectivity index (χ1n) is 9.56. The number of hydrogen-bond donors (Lipinski definition) is 2. The number of guanidine groups is 1. The molecule has 24 heavy (non-hydrogen) atoms. The molecule has 0 radical (unpaired) electrons. The van der Waals surface area contributed by atoms with Gasteiger partial charge in [0.05, 0.1) is 13.2 Å². The highest BCUT2D eigenvalue weighted by atomic mass is 16.5. The van der Waals surface area contributed by atoms with Gasteiger partial charge >= 0.3 is 0 Å². The first-order valence-corrected chi connectivity index (χ1v) is 9.56. The van der Waals surface area contributed by atoms with E-state index in [4.69, 9.17) is 9.47 Å². The lowest BCUT2D eigenvalue weighted by Crippen LogP contribution is -2.39. The lowest BCUT2D eigenvalue weighted by Gasteiger charge is -2.29. The standard InChI is InChI=1S/C18H36N4O2/c1-19-18(21-9-4-16-5-10-22(2)11-6-16)20-8-3-12-23-14-17-7-13-24-15-17/h16-17H,3-15H2,1-2H3,(H2,19,20,21). The maximum Gasteiger partial charge on any atom is 0.190 e. The summed E-state index contributed by atoms with van der Waals surface area (Å²) in [6.45, 7) is 7.79. The molecule has 2 rings (SSSR count). The summed E-state index contributed by atoms with van der Waals surface area (Å²) in [7, 11) is 4.05. The number of ether oxygens (including phenoxy) is 2. The Balaban J connectivity index is 1.43. The monoisotopic (exact) mass is 340 g/mol. The maximum absolute atomic E-state index is 5.72. The molecule has 1 atom stereocenters. The topological polar surface area (TPSA) is 58.1 Å². The summed E-state index contributed by atoms with van der Waals surface area (Å²) in [5.74, 6) is 2.37. The van der Waals surface area contributed by atoms with Gasteiger partial charge in [0.15, 0.2) is 5.96 Å². The highest BCUT2D eigenvalue weighted by Gasteiger charge is 2.16. The molecule has 140 valence electrons. The molecule has 2 aliphatic heterocycles. The third-order valence-electron chi connectivity index (χ3n) is 5.04. The third-order valence-corrected chi connectivity index (χ3v) is 5.04. The number of nitrogens with one attached hydrogen (secondary N) is 2. The van der Waals surface area contributed by atoms with E-state index in [1.165, 1.54) is 32.4 Å². The number of likely N-dealkylation sites (tertiary alicyclic amines) is 1. The number of nitrogens with zero attached hydrogens (tertiary/aromatic N) is 2. The van der Waals surface area contributed by atoms with Crippen LogP contribution >= 0.6 is 0 Å². The van der Waals surface area contributed by atoms with Gasteiger partial charge in [-0.05, 0) is 58.2 Å². The van der Waals surface area contributed by atoms with Gasteiger partial charge in [-0.1, -0.05) is 0 Å². The van der Waals surface area contributed by atoms with Gasteiger partial charge in [0.25, 0.3) is 0 Å². The molecule has 0 saturated carbocycles. The van der Waals surface area contributed by atoms with Crippen molar-refractivity contribution in [3.05, 3.63) is 0 Å². The summed E-state index contributed by atoms with van der Waals surface area (Å²) in [6.07, 6.45) is 6.04. The minimum atomic E-state index is 0.604. The zero-order valence-corrected chi connectivity index (χ0v) is 15.6. The van der Waals surface area contributed by atoms with Crippen LogP contribution in [-0.4, -0.2) is 77.6 Å². The summed E-state index contributed by atoms with van der Waals surface area (Å²) in [4.78, 5) is 6.72. The molecule has 0 aromatic carbocycles. The van der Waals surface area contributed by atoms with E-state index in [-0.39, 0.29) is 0 Å². The smallest absolute Gasteiger partial charge is 0.190 e. The lowest BCUT2D eigenvalue weighted by molar-refractivity contribution is 0.0888. The Morgan fingerprint density at radius 1 is 1.17 bits per heavy atom. The van der Waals surface area contributed by atoms with Gasteiger partial charge in [-0.2, -0.15) is 0 Å². The summed E-state index contributed by atoms with van der Waals surface area (Å²) < 4.78 is 11.1. The van der Waals surface area contributed by atoms with E-state index in [2.05, 4.69) is 27.6 Å². The molecule has 6 heteroatoms. The van der Waals surface area contributed by atoms with Gasteiger partial charge < -0.3 is 25.0 Å². The molecule has 1 unspecified atom stereocenters. The second-order valence-electron chi connectivity index (χ2n) is 7.12. The average Bonchev–Trinajstić information content (AvgIpc) is 3.11. The fourth-order valence-corrected chi connectivity index (χ4v) is 3.31. The van der Waals surface area contributed by atoms with Gasteiger partial charge in [-0.3, -0.25) is 4.99 Å². The van der Waals surface area contributed by atoms with Gasteiger partial charge in [0.2, 0.25) is 0 Å². The van der Waals surface area contributed by atoms with Gasteiger partial charge in [-0.15, -0.1) is 0 Å². The molecule has 2 fully saturated rings. The van der Waals surface area contributed by atoms with E-state index in [0.717, 1.165) is 64.2 Å². The number of piperidine rings is 1.